The van der Waals surface area contributed by atoms with Crippen LogP contribution in [0.1, 0.15) is 41.5 Å². The van der Waals surface area contributed by atoms with E-state index in [-0.39, 0.29) is 29.0 Å². The zero-order chi connectivity index (χ0) is 22.6. The number of rotatable bonds is 10. The molecular formula is C24H40O3P2PtS+2. The molecule has 31 heavy (non-hydrogen) atoms. The van der Waals surface area contributed by atoms with Gasteiger partial charge in [0.25, 0.3) is 0 Å². The minimum Gasteiger partial charge on any atom is -0.789 e. The second kappa shape index (κ2) is 23.3. The average molecular weight is 666 g/mol. The van der Waals surface area contributed by atoms with Gasteiger partial charge in [0.2, 0.25) is 0 Å². The SMILES string of the molecule is CCO[PH+](OCC)OCC.CC[PH+](CC)CC.[Pt+2].[S-]c1ccccc1-c1[c-]cccc1. The third-order valence-corrected chi connectivity index (χ3v) is 9.10. The van der Waals surface area contributed by atoms with Gasteiger partial charge in [-0.15, -0.1) is 41.5 Å². The van der Waals surface area contributed by atoms with E-state index in [0.29, 0.717) is 19.8 Å². The van der Waals surface area contributed by atoms with Crippen molar-refractivity contribution in [3.63, 3.8) is 0 Å². The summed E-state index contributed by atoms with van der Waals surface area (Å²) in [5.74, 6) is 0. The van der Waals surface area contributed by atoms with Crippen LogP contribution in [0.25, 0.3) is 11.1 Å². The molecule has 178 valence electrons. The van der Waals surface area contributed by atoms with Crippen LogP contribution >= 0.6 is 16.5 Å². The Bertz CT molecular complexity index is 611. The molecule has 0 amide bonds. The molecule has 0 saturated carbocycles. The summed E-state index contributed by atoms with van der Waals surface area (Å²) in [6, 6.07) is 18.9. The predicted molar refractivity (Wildman–Crippen MR) is 139 cm³/mol. The van der Waals surface area contributed by atoms with Crippen LogP contribution in [-0.4, -0.2) is 38.3 Å². The smallest absolute Gasteiger partial charge is 0.789 e. The van der Waals surface area contributed by atoms with E-state index in [9.17, 15) is 0 Å². The molecule has 0 fully saturated rings. The van der Waals surface area contributed by atoms with Crippen molar-refractivity contribution in [3.05, 3.63) is 54.6 Å². The molecule has 0 spiro atoms. The van der Waals surface area contributed by atoms with Crippen molar-refractivity contribution >= 4 is 29.2 Å². The van der Waals surface area contributed by atoms with Crippen molar-refractivity contribution in [2.75, 3.05) is 38.3 Å². The predicted octanol–water partition coefficient (Wildman–Crippen LogP) is 7.37. The van der Waals surface area contributed by atoms with Gasteiger partial charge in [-0.1, -0.05) is 24.3 Å². The summed E-state index contributed by atoms with van der Waals surface area (Å²) in [5, 5.41) is 0. The van der Waals surface area contributed by atoms with Crippen molar-refractivity contribution < 1.29 is 34.6 Å². The van der Waals surface area contributed by atoms with Crippen LogP contribution in [0.3, 0.4) is 0 Å². The van der Waals surface area contributed by atoms with Gasteiger partial charge < -0.3 is 12.6 Å². The normalized spacial score (nSPS) is 9.94. The van der Waals surface area contributed by atoms with E-state index in [2.05, 4.69) is 26.8 Å². The van der Waals surface area contributed by atoms with Crippen LogP contribution in [0, 0.1) is 6.07 Å². The molecule has 0 aliphatic rings. The molecule has 2 aromatic carbocycles. The number of benzene rings is 2. The maximum absolute atomic E-state index is 5.21. The van der Waals surface area contributed by atoms with Gasteiger partial charge in [-0.25, -0.2) is 4.90 Å². The van der Waals surface area contributed by atoms with Gasteiger partial charge in [0, 0.05) is 0 Å². The fourth-order valence-corrected chi connectivity index (χ4v) is 5.19. The Labute approximate surface area is 213 Å². The summed E-state index contributed by atoms with van der Waals surface area (Å²) in [5.41, 5.74) is 2.14. The van der Waals surface area contributed by atoms with Gasteiger partial charge in [0.1, 0.15) is 0 Å². The van der Waals surface area contributed by atoms with Gasteiger partial charge in [0.05, 0.1) is 38.3 Å². The van der Waals surface area contributed by atoms with Gasteiger partial charge in [-0.05, 0) is 49.5 Å². The Balaban J connectivity index is 0. The first-order valence-corrected chi connectivity index (χ1v) is 14.6. The van der Waals surface area contributed by atoms with Crippen molar-refractivity contribution in [2.24, 2.45) is 0 Å². The topological polar surface area (TPSA) is 27.7 Å². The van der Waals surface area contributed by atoms with Crippen LogP contribution in [0.5, 0.6) is 0 Å². The van der Waals surface area contributed by atoms with Gasteiger partial charge in [-0.3, -0.25) is 0 Å². The monoisotopic (exact) mass is 665 g/mol. The van der Waals surface area contributed by atoms with Crippen molar-refractivity contribution in [3.8, 4) is 11.1 Å². The van der Waals surface area contributed by atoms with Crippen LogP contribution < -0.4 is 0 Å². The van der Waals surface area contributed by atoms with Crippen LogP contribution in [0.2, 0.25) is 0 Å². The molecule has 0 unspecified atom stereocenters. The molecule has 0 aliphatic carbocycles. The third-order valence-electron chi connectivity index (χ3n) is 4.17. The second-order valence-electron chi connectivity index (χ2n) is 6.13. The molecule has 0 atom stereocenters. The first-order chi connectivity index (χ1) is 14.6. The van der Waals surface area contributed by atoms with E-state index in [1.165, 1.54) is 18.5 Å². The third kappa shape index (κ3) is 16.4. The molecule has 0 bridgehead atoms. The maximum Gasteiger partial charge on any atom is 2.00 e. The average Bonchev–Trinajstić information content (AvgIpc) is 2.77. The van der Waals surface area contributed by atoms with Gasteiger partial charge >= 0.3 is 29.7 Å². The summed E-state index contributed by atoms with van der Waals surface area (Å²) >= 11 is 5.21. The first-order valence-electron chi connectivity index (χ1n) is 10.9. The van der Waals surface area contributed by atoms with Gasteiger partial charge in [-0.2, -0.15) is 13.6 Å². The fraction of sp³-hybridized carbons (Fsp3) is 0.500. The Morgan fingerprint density at radius 1 is 0.742 bits per heavy atom. The minimum atomic E-state index is -1.40. The van der Waals surface area contributed by atoms with E-state index >= 15 is 0 Å². The van der Waals surface area contributed by atoms with E-state index < -0.39 is 8.60 Å². The molecule has 2 rings (SSSR count). The molecular weight excluding hydrogens is 625 g/mol. The summed E-state index contributed by atoms with van der Waals surface area (Å²) < 4.78 is 15.5. The largest absolute Gasteiger partial charge is 2.00 e. The number of hydrogen-bond donors (Lipinski definition) is 0. The van der Waals surface area contributed by atoms with Crippen molar-refractivity contribution in [1.29, 1.82) is 0 Å². The summed E-state index contributed by atoms with van der Waals surface area (Å²) in [7, 11) is -1.26. The zero-order valence-electron chi connectivity index (χ0n) is 19.8. The maximum atomic E-state index is 5.21. The van der Waals surface area contributed by atoms with Crippen LogP contribution in [0.15, 0.2) is 53.4 Å². The van der Waals surface area contributed by atoms with Crippen molar-refractivity contribution in [1.82, 2.24) is 0 Å². The number of hydrogen-bond acceptors (Lipinski definition) is 4. The second-order valence-corrected chi connectivity index (χ2v) is 11.6. The molecule has 0 heterocycles. The molecule has 0 N–H and O–H groups in total. The molecule has 7 heteroatoms. The molecule has 3 nitrogen and oxygen atoms in total. The molecule has 2 aromatic rings. The van der Waals surface area contributed by atoms with Crippen LogP contribution in [0.4, 0.5) is 0 Å². The molecule has 0 aliphatic heterocycles. The summed E-state index contributed by atoms with van der Waals surface area (Å²) in [6.45, 7) is 14.7. The molecule has 0 saturated heterocycles. The van der Waals surface area contributed by atoms with E-state index in [1.807, 2.05) is 69.3 Å². The zero-order valence-corrected chi connectivity index (χ0v) is 24.9. The van der Waals surface area contributed by atoms with E-state index in [0.717, 1.165) is 16.0 Å². The quantitative estimate of drug-likeness (QED) is 0.151. The molecule has 0 aromatic heterocycles. The van der Waals surface area contributed by atoms with Crippen LogP contribution in [-0.2, 0) is 47.3 Å². The minimum absolute atomic E-state index is 0. The summed E-state index contributed by atoms with van der Waals surface area (Å²) in [4.78, 5) is 0.880. The standard InChI is InChI=1S/C12H9S.C6H16O3P.C6H15P.Pt/c13-12-9-5-4-8-11(12)10-6-2-1-3-7-10;1-4-7-10(8-5-2)9-6-3;1-4-7(5-2)6-3;/h1-6,8-9,13H;10H,4-6H2,1-3H3;4-6H2,1-3H3;/q-1;+1;;+2. The summed E-state index contributed by atoms with van der Waals surface area (Å²) in [6.07, 6.45) is 4.37. The fourth-order valence-electron chi connectivity index (χ4n) is 2.48. The van der Waals surface area contributed by atoms with Crippen molar-refractivity contribution in [2.45, 2.75) is 46.4 Å². The van der Waals surface area contributed by atoms with E-state index in [4.69, 9.17) is 26.2 Å². The van der Waals surface area contributed by atoms with E-state index in [1.54, 1.807) is 0 Å². The van der Waals surface area contributed by atoms with Gasteiger partial charge in [0.15, 0.2) is 0 Å². The Hall–Kier alpha value is 0.0883. The Kier molecular flexibility index (Phi) is 25.0. The Morgan fingerprint density at radius 2 is 1.23 bits per heavy atom. The Morgan fingerprint density at radius 3 is 1.58 bits per heavy atom. The molecule has 0 radical (unpaired) electrons. The first kappa shape index (κ1) is 33.3.